The number of hydrogen-bond donors (Lipinski definition) is 1. The number of nitrogen functional groups attached to an aromatic ring is 1. The highest BCUT2D eigenvalue weighted by Crippen LogP contribution is 2.27. The molecule has 0 aliphatic rings. The Morgan fingerprint density at radius 1 is 0.773 bits per heavy atom. The van der Waals surface area contributed by atoms with Crippen molar-refractivity contribution in [2.45, 2.75) is 6.42 Å². The average Bonchev–Trinajstić information content (AvgIpc) is 3.70. The van der Waals surface area contributed by atoms with Crippen molar-refractivity contribution in [1.82, 2.24) is 29.9 Å². The summed E-state index contributed by atoms with van der Waals surface area (Å²) in [6.45, 7) is 0. The van der Waals surface area contributed by atoms with Gasteiger partial charge in [0.1, 0.15) is 11.5 Å². The molecule has 1 aromatic carbocycles. The van der Waals surface area contributed by atoms with Crippen molar-refractivity contribution in [2.75, 3.05) is 20.0 Å². The quantitative estimate of drug-likeness (QED) is 0.230. The molecule has 7 aromatic rings. The SMILES string of the molecule is COc1ccc(C(=O)Cc2cncc(-c3nc4ncccc4o3)c2)c(OC)c1.Nc1cncc(-c2nc3ncccc3o2)c1. The van der Waals surface area contributed by atoms with E-state index < -0.39 is 0 Å². The molecular weight excluding hydrogens is 562 g/mol. The third-order valence-corrected chi connectivity index (χ3v) is 6.45. The lowest BCUT2D eigenvalue weighted by atomic mass is 10.0. The highest BCUT2D eigenvalue weighted by molar-refractivity contribution is 6.00. The summed E-state index contributed by atoms with van der Waals surface area (Å²) in [6.07, 6.45) is 10.0. The Morgan fingerprint density at radius 3 is 2.00 bits per heavy atom. The molecule has 44 heavy (non-hydrogen) atoms. The number of pyridine rings is 4. The van der Waals surface area contributed by atoms with E-state index in [4.69, 9.17) is 24.0 Å². The molecule has 0 atom stereocenters. The summed E-state index contributed by atoms with van der Waals surface area (Å²) in [5.41, 5.74) is 11.2. The highest BCUT2D eigenvalue weighted by Gasteiger charge is 2.16. The van der Waals surface area contributed by atoms with Crippen molar-refractivity contribution in [1.29, 1.82) is 0 Å². The Morgan fingerprint density at radius 2 is 1.41 bits per heavy atom. The van der Waals surface area contributed by atoms with Gasteiger partial charge in [-0.05, 0) is 54.1 Å². The number of hydrogen-bond acceptors (Lipinski definition) is 12. The molecule has 6 heterocycles. The monoisotopic (exact) mass is 587 g/mol. The third kappa shape index (κ3) is 6.04. The topological polar surface area (TPSA) is 165 Å². The Hall–Kier alpha value is -6.17. The van der Waals surface area contributed by atoms with Gasteiger partial charge in [0, 0.05) is 49.7 Å². The van der Waals surface area contributed by atoms with Gasteiger partial charge in [-0.1, -0.05) is 0 Å². The molecule has 0 amide bonds. The van der Waals surface area contributed by atoms with E-state index in [0.717, 1.165) is 11.1 Å². The van der Waals surface area contributed by atoms with E-state index in [1.54, 1.807) is 86.8 Å². The van der Waals surface area contributed by atoms with E-state index in [9.17, 15) is 4.79 Å². The maximum absolute atomic E-state index is 12.8. The molecule has 0 radical (unpaired) electrons. The first-order chi connectivity index (χ1) is 21.5. The molecule has 0 saturated carbocycles. The molecule has 12 heteroatoms. The molecular formula is C32H25N7O5. The van der Waals surface area contributed by atoms with E-state index in [-0.39, 0.29) is 12.2 Å². The molecule has 0 saturated heterocycles. The number of nitrogens with zero attached hydrogens (tertiary/aromatic N) is 6. The minimum atomic E-state index is -0.0855. The number of Topliss-reactive ketones (excluding diaryl/α,β-unsaturated/α-hetero) is 1. The van der Waals surface area contributed by atoms with Crippen LogP contribution in [0.3, 0.4) is 0 Å². The number of fused-ring (bicyclic) bond motifs is 2. The van der Waals surface area contributed by atoms with E-state index in [0.29, 0.717) is 62.6 Å². The summed E-state index contributed by atoms with van der Waals surface area (Å²) in [7, 11) is 3.09. The fourth-order valence-electron chi connectivity index (χ4n) is 4.37. The molecule has 6 aromatic heterocycles. The minimum Gasteiger partial charge on any atom is -0.497 e. The number of methoxy groups -OCH3 is 2. The standard InChI is InChI=1S/C21H17N3O4.C11H8N4O/c1-26-15-5-6-16(19(10-15)27-2)17(25)9-13-8-14(12-22-11-13)21-24-20-18(28-21)4-3-7-23-20;12-8-4-7(5-13-6-8)11-15-10-9(16-11)2-1-3-14-10/h3-8,10-12H,9H2,1-2H3;1-6H,12H2. The first kappa shape index (κ1) is 28.0. The van der Waals surface area contributed by atoms with Crippen molar-refractivity contribution >= 4 is 33.9 Å². The van der Waals surface area contributed by atoms with Crippen LogP contribution in [0.5, 0.6) is 11.5 Å². The van der Waals surface area contributed by atoms with Gasteiger partial charge in [0.05, 0.1) is 36.6 Å². The summed E-state index contributed by atoms with van der Waals surface area (Å²) in [4.78, 5) is 37.9. The third-order valence-electron chi connectivity index (χ3n) is 6.45. The van der Waals surface area contributed by atoms with Crippen molar-refractivity contribution in [3.8, 4) is 34.4 Å². The number of anilines is 1. The number of oxazole rings is 2. The summed E-state index contributed by atoms with van der Waals surface area (Å²) in [5, 5.41) is 0. The maximum atomic E-state index is 12.8. The van der Waals surface area contributed by atoms with E-state index in [1.807, 2.05) is 12.1 Å². The number of aromatic nitrogens is 6. The van der Waals surface area contributed by atoms with Gasteiger partial charge in [0.25, 0.3) is 0 Å². The van der Waals surface area contributed by atoms with Crippen molar-refractivity contribution in [3.63, 3.8) is 0 Å². The Balaban J connectivity index is 0.000000181. The predicted octanol–water partition coefficient (Wildman–Crippen LogP) is 5.59. The number of carbonyl (C=O) groups is 1. The van der Waals surface area contributed by atoms with Crippen LogP contribution in [-0.2, 0) is 6.42 Å². The second kappa shape index (κ2) is 12.4. The van der Waals surface area contributed by atoms with Crippen molar-refractivity contribution < 1.29 is 23.1 Å². The van der Waals surface area contributed by atoms with Crippen LogP contribution in [0.4, 0.5) is 5.69 Å². The predicted molar refractivity (Wildman–Crippen MR) is 162 cm³/mol. The zero-order chi connectivity index (χ0) is 30.5. The lowest BCUT2D eigenvalue weighted by Crippen LogP contribution is -2.06. The molecule has 0 aliphatic heterocycles. The molecule has 0 bridgehead atoms. The average molecular weight is 588 g/mol. The van der Waals surface area contributed by atoms with Crippen LogP contribution in [0.1, 0.15) is 15.9 Å². The second-order valence-corrected chi connectivity index (χ2v) is 9.44. The highest BCUT2D eigenvalue weighted by atomic mass is 16.5. The summed E-state index contributed by atoms with van der Waals surface area (Å²) >= 11 is 0. The first-order valence-corrected chi connectivity index (χ1v) is 13.3. The second-order valence-electron chi connectivity index (χ2n) is 9.44. The van der Waals surface area contributed by atoms with E-state index in [1.165, 1.54) is 7.11 Å². The number of nitrogens with two attached hydrogens (primary N) is 1. The lowest BCUT2D eigenvalue weighted by molar-refractivity contribution is 0.0990. The van der Waals surface area contributed by atoms with Crippen LogP contribution < -0.4 is 15.2 Å². The maximum Gasteiger partial charge on any atom is 0.230 e. The zero-order valence-corrected chi connectivity index (χ0v) is 23.7. The van der Waals surface area contributed by atoms with Crippen LogP contribution in [0.2, 0.25) is 0 Å². The minimum absolute atomic E-state index is 0.0855. The van der Waals surface area contributed by atoms with Gasteiger partial charge < -0.3 is 24.0 Å². The van der Waals surface area contributed by atoms with Crippen LogP contribution >= 0.6 is 0 Å². The fourth-order valence-corrected chi connectivity index (χ4v) is 4.37. The molecule has 218 valence electrons. The van der Waals surface area contributed by atoms with Gasteiger partial charge in [0.2, 0.25) is 11.8 Å². The summed E-state index contributed by atoms with van der Waals surface area (Å²) < 4.78 is 21.8. The zero-order valence-electron chi connectivity index (χ0n) is 23.7. The smallest absolute Gasteiger partial charge is 0.230 e. The normalized spacial score (nSPS) is 10.8. The fraction of sp³-hybridized carbons (Fsp3) is 0.0938. The van der Waals surface area contributed by atoms with Crippen LogP contribution in [0.25, 0.3) is 45.4 Å². The molecule has 2 N–H and O–H groups in total. The van der Waals surface area contributed by atoms with Gasteiger partial charge in [-0.15, -0.1) is 0 Å². The Bertz CT molecular complexity index is 2020. The molecule has 12 nitrogen and oxygen atoms in total. The Kier molecular flexibility index (Phi) is 7.86. The molecule has 0 fully saturated rings. The van der Waals surface area contributed by atoms with Crippen LogP contribution in [0, 0.1) is 0 Å². The van der Waals surface area contributed by atoms with Gasteiger partial charge in [-0.3, -0.25) is 14.8 Å². The number of benzene rings is 1. The number of rotatable bonds is 7. The van der Waals surface area contributed by atoms with Crippen molar-refractivity contribution in [3.05, 3.63) is 103 Å². The van der Waals surface area contributed by atoms with Crippen LogP contribution in [0.15, 0.2) is 101 Å². The first-order valence-electron chi connectivity index (χ1n) is 13.3. The van der Waals surface area contributed by atoms with E-state index >= 15 is 0 Å². The largest absolute Gasteiger partial charge is 0.497 e. The molecule has 7 rings (SSSR count). The number of ketones is 1. The van der Waals surface area contributed by atoms with Gasteiger partial charge in [0.15, 0.2) is 28.2 Å². The van der Waals surface area contributed by atoms with Crippen LogP contribution in [-0.4, -0.2) is 49.9 Å². The number of carbonyl (C=O) groups excluding carboxylic acids is 1. The molecule has 0 spiro atoms. The molecule has 0 unspecified atom stereocenters. The molecule has 0 aliphatic carbocycles. The van der Waals surface area contributed by atoms with Gasteiger partial charge in [-0.2, -0.15) is 9.97 Å². The van der Waals surface area contributed by atoms with Gasteiger partial charge in [-0.25, -0.2) is 9.97 Å². The lowest BCUT2D eigenvalue weighted by Gasteiger charge is -2.09. The van der Waals surface area contributed by atoms with Crippen molar-refractivity contribution in [2.24, 2.45) is 0 Å². The summed E-state index contributed by atoms with van der Waals surface area (Å²) in [5.74, 6) is 1.91. The number of ether oxygens (including phenoxy) is 2. The Labute approximate surface area is 250 Å². The van der Waals surface area contributed by atoms with E-state index in [2.05, 4.69) is 29.9 Å². The summed E-state index contributed by atoms with van der Waals surface area (Å²) in [6, 6.07) is 15.9. The van der Waals surface area contributed by atoms with Gasteiger partial charge >= 0.3 is 0 Å².